The molecule has 0 rings (SSSR count). The third-order valence-electron chi connectivity index (χ3n) is 1.82. The average molecular weight is 237 g/mol. The maximum absolute atomic E-state index is 3.48. The summed E-state index contributed by atoms with van der Waals surface area (Å²) >= 11 is 3.43. The van der Waals surface area contributed by atoms with Crippen molar-refractivity contribution >= 4 is 15.9 Å². The van der Waals surface area contributed by atoms with Crippen molar-refractivity contribution in [2.75, 3.05) is 32.5 Å². The molecule has 0 saturated carbocycles. The molecule has 0 aliphatic heterocycles. The fraction of sp³-hybridized carbons (Fsp3) is 1.00. The standard InChI is InChI=1S/C9H21BrN2/c1-9(5-6-10)11-7-4-8-12(2)3/h9,11H,4-8H2,1-3H3. The number of nitrogens with one attached hydrogen (secondary N) is 1. The Morgan fingerprint density at radius 2 is 2.08 bits per heavy atom. The van der Waals surface area contributed by atoms with Crippen LogP contribution in [0, 0.1) is 0 Å². The fourth-order valence-electron chi connectivity index (χ4n) is 1.01. The van der Waals surface area contributed by atoms with Gasteiger partial charge in [-0.1, -0.05) is 15.9 Å². The van der Waals surface area contributed by atoms with E-state index in [1.54, 1.807) is 0 Å². The minimum Gasteiger partial charge on any atom is -0.314 e. The molecule has 0 saturated heterocycles. The van der Waals surface area contributed by atoms with E-state index in [-0.39, 0.29) is 0 Å². The monoisotopic (exact) mass is 236 g/mol. The van der Waals surface area contributed by atoms with Crippen LogP contribution in [0.15, 0.2) is 0 Å². The second-order valence-electron chi connectivity index (χ2n) is 3.49. The van der Waals surface area contributed by atoms with Crippen molar-refractivity contribution in [3.63, 3.8) is 0 Å². The van der Waals surface area contributed by atoms with Crippen molar-refractivity contribution in [1.82, 2.24) is 10.2 Å². The highest BCUT2D eigenvalue weighted by Crippen LogP contribution is 1.94. The molecule has 1 unspecified atom stereocenters. The van der Waals surface area contributed by atoms with Crippen LogP contribution in [0.25, 0.3) is 0 Å². The fourth-order valence-corrected chi connectivity index (χ4v) is 1.70. The molecule has 74 valence electrons. The first-order chi connectivity index (χ1) is 5.66. The van der Waals surface area contributed by atoms with Crippen LogP contribution in [0.2, 0.25) is 0 Å². The smallest absolute Gasteiger partial charge is 0.00466 e. The van der Waals surface area contributed by atoms with Gasteiger partial charge in [0.2, 0.25) is 0 Å². The molecule has 0 amide bonds. The first kappa shape index (κ1) is 12.4. The molecule has 1 N–H and O–H groups in total. The summed E-state index contributed by atoms with van der Waals surface area (Å²) in [6, 6.07) is 0.645. The summed E-state index contributed by atoms with van der Waals surface area (Å²) in [6.07, 6.45) is 2.45. The Labute approximate surface area is 84.8 Å². The van der Waals surface area contributed by atoms with Gasteiger partial charge in [-0.15, -0.1) is 0 Å². The third-order valence-corrected chi connectivity index (χ3v) is 2.27. The van der Waals surface area contributed by atoms with E-state index in [0.29, 0.717) is 6.04 Å². The van der Waals surface area contributed by atoms with Crippen molar-refractivity contribution in [2.24, 2.45) is 0 Å². The summed E-state index contributed by atoms with van der Waals surface area (Å²) in [6.45, 7) is 4.54. The number of hydrogen-bond donors (Lipinski definition) is 1. The zero-order valence-electron chi connectivity index (χ0n) is 8.44. The van der Waals surface area contributed by atoms with Crippen LogP contribution in [0.5, 0.6) is 0 Å². The van der Waals surface area contributed by atoms with Gasteiger partial charge >= 0.3 is 0 Å². The van der Waals surface area contributed by atoms with Gasteiger partial charge in [0.1, 0.15) is 0 Å². The summed E-state index contributed by atoms with van der Waals surface area (Å²) in [5.74, 6) is 0. The van der Waals surface area contributed by atoms with E-state index in [1.807, 2.05) is 0 Å². The summed E-state index contributed by atoms with van der Waals surface area (Å²) in [4.78, 5) is 2.22. The first-order valence-corrected chi connectivity index (χ1v) is 5.73. The Kier molecular flexibility index (Phi) is 8.29. The van der Waals surface area contributed by atoms with Gasteiger partial charge in [-0.3, -0.25) is 0 Å². The van der Waals surface area contributed by atoms with Gasteiger partial charge in [-0.25, -0.2) is 0 Å². The highest BCUT2D eigenvalue weighted by atomic mass is 79.9. The number of halogens is 1. The van der Waals surface area contributed by atoms with Crippen LogP contribution >= 0.6 is 15.9 Å². The van der Waals surface area contributed by atoms with Gasteiger partial charge in [-0.05, 0) is 47.0 Å². The van der Waals surface area contributed by atoms with Crippen molar-refractivity contribution in [1.29, 1.82) is 0 Å². The molecule has 0 aliphatic carbocycles. The molecular formula is C9H21BrN2. The average Bonchev–Trinajstić information content (AvgIpc) is 1.98. The lowest BCUT2D eigenvalue weighted by molar-refractivity contribution is 0.387. The molecule has 0 spiro atoms. The van der Waals surface area contributed by atoms with E-state index in [0.717, 1.165) is 11.9 Å². The second-order valence-corrected chi connectivity index (χ2v) is 4.28. The molecule has 0 heterocycles. The first-order valence-electron chi connectivity index (χ1n) is 4.61. The molecule has 12 heavy (non-hydrogen) atoms. The maximum Gasteiger partial charge on any atom is 0.00466 e. The third kappa shape index (κ3) is 8.50. The highest BCUT2D eigenvalue weighted by Gasteiger charge is 1.98. The SMILES string of the molecule is CC(CCBr)NCCCN(C)C. The normalized spacial score (nSPS) is 13.8. The number of nitrogens with zero attached hydrogens (tertiary/aromatic N) is 1. The molecule has 0 radical (unpaired) electrons. The van der Waals surface area contributed by atoms with Crippen LogP contribution in [-0.2, 0) is 0 Å². The van der Waals surface area contributed by atoms with Gasteiger partial charge in [0, 0.05) is 11.4 Å². The van der Waals surface area contributed by atoms with Gasteiger partial charge in [-0.2, -0.15) is 0 Å². The highest BCUT2D eigenvalue weighted by molar-refractivity contribution is 9.09. The molecular weight excluding hydrogens is 216 g/mol. The van der Waals surface area contributed by atoms with E-state index in [9.17, 15) is 0 Å². The van der Waals surface area contributed by atoms with Crippen LogP contribution in [0.4, 0.5) is 0 Å². The van der Waals surface area contributed by atoms with Crippen LogP contribution in [0.3, 0.4) is 0 Å². The second kappa shape index (κ2) is 8.02. The van der Waals surface area contributed by atoms with Crippen LogP contribution in [0.1, 0.15) is 19.8 Å². The predicted octanol–water partition coefficient (Wildman–Crippen LogP) is 1.70. The van der Waals surface area contributed by atoms with Gasteiger partial charge in [0.05, 0.1) is 0 Å². The summed E-state index contributed by atoms with van der Waals surface area (Å²) in [5, 5.41) is 4.57. The lowest BCUT2D eigenvalue weighted by atomic mass is 10.2. The molecule has 2 nitrogen and oxygen atoms in total. The van der Waals surface area contributed by atoms with Crippen LogP contribution < -0.4 is 5.32 Å². The zero-order chi connectivity index (χ0) is 9.40. The van der Waals surface area contributed by atoms with E-state index in [1.165, 1.54) is 19.4 Å². The number of rotatable bonds is 7. The zero-order valence-corrected chi connectivity index (χ0v) is 10.0. The lowest BCUT2D eigenvalue weighted by Crippen LogP contribution is -2.29. The van der Waals surface area contributed by atoms with Crippen molar-refractivity contribution in [2.45, 2.75) is 25.8 Å². The molecule has 0 aliphatic rings. The van der Waals surface area contributed by atoms with Gasteiger partial charge in [0.15, 0.2) is 0 Å². The molecule has 3 heteroatoms. The Morgan fingerprint density at radius 1 is 1.42 bits per heavy atom. The Morgan fingerprint density at radius 3 is 2.58 bits per heavy atom. The summed E-state index contributed by atoms with van der Waals surface area (Å²) in [5.41, 5.74) is 0. The Bertz CT molecular complexity index is 96.5. The van der Waals surface area contributed by atoms with Crippen molar-refractivity contribution in [3.8, 4) is 0 Å². The summed E-state index contributed by atoms with van der Waals surface area (Å²) in [7, 11) is 4.23. The topological polar surface area (TPSA) is 15.3 Å². The van der Waals surface area contributed by atoms with E-state index >= 15 is 0 Å². The molecule has 0 aromatic rings. The van der Waals surface area contributed by atoms with Crippen LogP contribution in [-0.4, -0.2) is 43.5 Å². The van der Waals surface area contributed by atoms with Gasteiger partial charge in [0.25, 0.3) is 0 Å². The Balaban J connectivity index is 3.08. The van der Waals surface area contributed by atoms with E-state index in [4.69, 9.17) is 0 Å². The van der Waals surface area contributed by atoms with Crippen molar-refractivity contribution < 1.29 is 0 Å². The quantitative estimate of drug-likeness (QED) is 0.535. The lowest BCUT2D eigenvalue weighted by Gasteiger charge is -2.13. The van der Waals surface area contributed by atoms with Gasteiger partial charge < -0.3 is 10.2 Å². The molecule has 1 atom stereocenters. The minimum absolute atomic E-state index is 0.645. The van der Waals surface area contributed by atoms with Crippen molar-refractivity contribution in [3.05, 3.63) is 0 Å². The molecule has 0 fully saturated rings. The van der Waals surface area contributed by atoms with E-state index in [2.05, 4.69) is 47.2 Å². The molecule has 0 aromatic carbocycles. The molecule has 0 aromatic heterocycles. The maximum atomic E-state index is 3.48. The minimum atomic E-state index is 0.645. The number of alkyl halides is 1. The predicted molar refractivity (Wildman–Crippen MR) is 59.0 cm³/mol. The molecule has 0 bridgehead atoms. The largest absolute Gasteiger partial charge is 0.314 e. The van der Waals surface area contributed by atoms with E-state index < -0.39 is 0 Å². The summed E-state index contributed by atoms with van der Waals surface area (Å²) < 4.78 is 0. The number of hydrogen-bond acceptors (Lipinski definition) is 2. The Hall–Kier alpha value is 0.400.